The van der Waals surface area contributed by atoms with Gasteiger partial charge in [0.2, 0.25) is 0 Å². The molecule has 1 fully saturated rings. The second kappa shape index (κ2) is 5.05. The lowest BCUT2D eigenvalue weighted by Gasteiger charge is -2.36. The van der Waals surface area contributed by atoms with Gasteiger partial charge in [-0.05, 0) is 32.8 Å². The molecule has 1 heterocycles. The number of rotatable bonds is 3. The first-order valence-electron chi connectivity index (χ1n) is 6.32. The standard InChI is InChI=1S/C13H19N3O3/c1-13(2)8-9(5-6-19-13)15-12-4-3-10(16(17)18)7-11(12)14/h3-4,7,9,15H,5-6,8,14H2,1-2H3. The average Bonchev–Trinajstić information content (AvgIpc) is 2.30. The van der Waals surface area contributed by atoms with Crippen LogP contribution in [0.4, 0.5) is 17.1 Å². The van der Waals surface area contributed by atoms with Crippen molar-refractivity contribution < 1.29 is 9.66 Å². The van der Waals surface area contributed by atoms with Crippen molar-refractivity contribution in [1.82, 2.24) is 0 Å². The molecule has 0 saturated carbocycles. The number of hydrogen-bond donors (Lipinski definition) is 2. The van der Waals surface area contributed by atoms with Crippen LogP contribution in [0.3, 0.4) is 0 Å². The van der Waals surface area contributed by atoms with Crippen molar-refractivity contribution in [2.45, 2.75) is 38.3 Å². The molecule has 1 atom stereocenters. The summed E-state index contributed by atoms with van der Waals surface area (Å²) in [6.45, 7) is 4.82. The maximum absolute atomic E-state index is 10.7. The molecular formula is C13H19N3O3. The summed E-state index contributed by atoms with van der Waals surface area (Å²) in [4.78, 5) is 10.2. The summed E-state index contributed by atoms with van der Waals surface area (Å²) in [6.07, 6.45) is 1.78. The molecule has 6 nitrogen and oxygen atoms in total. The van der Waals surface area contributed by atoms with Crippen LogP contribution in [-0.4, -0.2) is 23.2 Å². The zero-order valence-electron chi connectivity index (χ0n) is 11.2. The van der Waals surface area contributed by atoms with Crippen molar-refractivity contribution in [2.24, 2.45) is 0 Å². The third kappa shape index (κ3) is 3.35. The van der Waals surface area contributed by atoms with Crippen molar-refractivity contribution >= 4 is 17.1 Å². The van der Waals surface area contributed by atoms with E-state index in [1.165, 1.54) is 12.1 Å². The molecule has 1 saturated heterocycles. The van der Waals surface area contributed by atoms with Gasteiger partial charge in [-0.15, -0.1) is 0 Å². The molecule has 6 heteroatoms. The third-order valence-corrected chi connectivity index (χ3v) is 3.30. The van der Waals surface area contributed by atoms with Gasteiger partial charge in [0.25, 0.3) is 5.69 Å². The molecule has 2 rings (SSSR count). The highest BCUT2D eigenvalue weighted by Gasteiger charge is 2.29. The van der Waals surface area contributed by atoms with Gasteiger partial charge in [-0.1, -0.05) is 0 Å². The molecule has 0 amide bonds. The summed E-state index contributed by atoms with van der Waals surface area (Å²) in [7, 11) is 0. The topological polar surface area (TPSA) is 90.4 Å². The largest absolute Gasteiger partial charge is 0.397 e. The van der Waals surface area contributed by atoms with Crippen molar-refractivity contribution in [1.29, 1.82) is 0 Å². The predicted octanol–water partition coefficient (Wildman–Crippen LogP) is 2.55. The van der Waals surface area contributed by atoms with E-state index in [9.17, 15) is 10.1 Å². The minimum absolute atomic E-state index is 0.00959. The van der Waals surface area contributed by atoms with Crippen LogP contribution < -0.4 is 11.1 Å². The van der Waals surface area contributed by atoms with Gasteiger partial charge in [0, 0.05) is 24.8 Å². The number of hydrogen-bond acceptors (Lipinski definition) is 5. The SMILES string of the molecule is CC1(C)CC(Nc2ccc([N+](=O)[O-])cc2N)CCO1. The molecule has 19 heavy (non-hydrogen) atoms. The van der Waals surface area contributed by atoms with Crippen molar-refractivity contribution in [3.05, 3.63) is 28.3 Å². The molecule has 1 aliphatic heterocycles. The second-order valence-electron chi connectivity index (χ2n) is 5.47. The Morgan fingerprint density at radius 2 is 2.26 bits per heavy atom. The van der Waals surface area contributed by atoms with Crippen LogP contribution in [0.25, 0.3) is 0 Å². The summed E-state index contributed by atoms with van der Waals surface area (Å²) < 4.78 is 5.65. The molecule has 1 aromatic carbocycles. The molecule has 1 unspecified atom stereocenters. The molecule has 0 bridgehead atoms. The van der Waals surface area contributed by atoms with Gasteiger partial charge in [0.1, 0.15) is 0 Å². The maximum atomic E-state index is 10.7. The summed E-state index contributed by atoms with van der Waals surface area (Å²) in [5.41, 5.74) is 6.85. The molecule has 1 aliphatic rings. The number of nitrogen functional groups attached to an aromatic ring is 1. The van der Waals surface area contributed by atoms with E-state index in [0.29, 0.717) is 12.3 Å². The summed E-state index contributed by atoms with van der Waals surface area (Å²) in [6, 6.07) is 4.78. The quantitative estimate of drug-likeness (QED) is 0.498. The number of nitrogens with two attached hydrogens (primary N) is 1. The monoisotopic (exact) mass is 265 g/mol. The molecular weight excluding hydrogens is 246 g/mol. The van der Waals surface area contributed by atoms with Crippen LogP contribution in [-0.2, 0) is 4.74 Å². The summed E-state index contributed by atoms with van der Waals surface area (Å²) in [5, 5.41) is 14.0. The highest BCUT2D eigenvalue weighted by atomic mass is 16.6. The summed E-state index contributed by atoms with van der Waals surface area (Å²) in [5.74, 6) is 0. The molecule has 0 aromatic heterocycles. The Morgan fingerprint density at radius 1 is 1.53 bits per heavy atom. The number of ether oxygens (including phenoxy) is 1. The Kier molecular flexibility index (Phi) is 3.61. The Morgan fingerprint density at radius 3 is 2.84 bits per heavy atom. The van der Waals surface area contributed by atoms with Gasteiger partial charge in [-0.3, -0.25) is 10.1 Å². The number of nitrogens with one attached hydrogen (secondary N) is 1. The van der Waals surface area contributed by atoms with E-state index >= 15 is 0 Å². The van der Waals surface area contributed by atoms with E-state index in [2.05, 4.69) is 19.2 Å². The Balaban J connectivity index is 2.09. The van der Waals surface area contributed by atoms with Gasteiger partial charge >= 0.3 is 0 Å². The zero-order chi connectivity index (χ0) is 14.0. The van der Waals surface area contributed by atoms with Crippen LogP contribution in [0, 0.1) is 10.1 Å². The molecule has 104 valence electrons. The lowest BCUT2D eigenvalue weighted by molar-refractivity contribution is -0.384. The van der Waals surface area contributed by atoms with Crippen LogP contribution in [0.5, 0.6) is 0 Å². The van der Waals surface area contributed by atoms with E-state index in [1.807, 2.05) is 0 Å². The predicted molar refractivity (Wildman–Crippen MR) is 74.2 cm³/mol. The Hall–Kier alpha value is -1.82. The lowest BCUT2D eigenvalue weighted by atomic mass is 9.93. The number of nitro groups is 1. The highest BCUT2D eigenvalue weighted by molar-refractivity contribution is 5.69. The Bertz CT molecular complexity index is 488. The van der Waals surface area contributed by atoms with Crippen LogP contribution in [0.15, 0.2) is 18.2 Å². The number of anilines is 2. The van der Waals surface area contributed by atoms with Crippen LogP contribution in [0.2, 0.25) is 0 Å². The van der Waals surface area contributed by atoms with Gasteiger partial charge in [0.15, 0.2) is 0 Å². The van der Waals surface area contributed by atoms with Crippen molar-refractivity contribution in [3.63, 3.8) is 0 Å². The fraction of sp³-hybridized carbons (Fsp3) is 0.538. The van der Waals surface area contributed by atoms with E-state index in [0.717, 1.165) is 18.5 Å². The molecule has 0 spiro atoms. The molecule has 1 aromatic rings. The van der Waals surface area contributed by atoms with Gasteiger partial charge in [-0.2, -0.15) is 0 Å². The minimum atomic E-state index is -0.447. The number of benzene rings is 1. The van der Waals surface area contributed by atoms with Gasteiger partial charge < -0.3 is 15.8 Å². The fourth-order valence-electron chi connectivity index (χ4n) is 2.37. The maximum Gasteiger partial charge on any atom is 0.271 e. The number of non-ortho nitro benzene ring substituents is 1. The van der Waals surface area contributed by atoms with E-state index in [1.54, 1.807) is 6.07 Å². The molecule has 0 aliphatic carbocycles. The first kappa shape index (κ1) is 13.6. The molecule has 0 radical (unpaired) electrons. The smallest absolute Gasteiger partial charge is 0.271 e. The molecule has 3 N–H and O–H groups in total. The summed E-state index contributed by atoms with van der Waals surface area (Å²) >= 11 is 0. The zero-order valence-corrected chi connectivity index (χ0v) is 11.2. The number of nitrogens with zero attached hydrogens (tertiary/aromatic N) is 1. The fourth-order valence-corrected chi connectivity index (χ4v) is 2.37. The van der Waals surface area contributed by atoms with Crippen molar-refractivity contribution in [3.8, 4) is 0 Å². The van der Waals surface area contributed by atoms with E-state index in [-0.39, 0.29) is 17.3 Å². The Labute approximate surface area is 112 Å². The third-order valence-electron chi connectivity index (χ3n) is 3.30. The highest BCUT2D eigenvalue weighted by Crippen LogP contribution is 2.29. The second-order valence-corrected chi connectivity index (χ2v) is 5.47. The van der Waals surface area contributed by atoms with Gasteiger partial charge in [0.05, 0.1) is 21.9 Å². The first-order valence-corrected chi connectivity index (χ1v) is 6.32. The first-order chi connectivity index (χ1) is 8.87. The van der Waals surface area contributed by atoms with Crippen LogP contribution >= 0.6 is 0 Å². The van der Waals surface area contributed by atoms with E-state index in [4.69, 9.17) is 10.5 Å². The minimum Gasteiger partial charge on any atom is -0.397 e. The number of nitro benzene ring substituents is 1. The normalized spacial score (nSPS) is 21.9. The van der Waals surface area contributed by atoms with E-state index < -0.39 is 4.92 Å². The average molecular weight is 265 g/mol. The van der Waals surface area contributed by atoms with Gasteiger partial charge in [-0.25, -0.2) is 0 Å². The van der Waals surface area contributed by atoms with Crippen LogP contribution in [0.1, 0.15) is 26.7 Å². The van der Waals surface area contributed by atoms with Crippen molar-refractivity contribution in [2.75, 3.05) is 17.7 Å². The lowest BCUT2D eigenvalue weighted by Crippen LogP contribution is -2.40.